The third-order valence-electron chi connectivity index (χ3n) is 3.88. The van der Waals surface area contributed by atoms with Crippen LogP contribution in [0.1, 0.15) is 19.8 Å². The lowest BCUT2D eigenvalue weighted by Crippen LogP contribution is -2.42. The maximum Gasteiger partial charge on any atom is 0.287 e. The second-order valence-corrected chi connectivity index (χ2v) is 6.22. The fourth-order valence-electron chi connectivity index (χ4n) is 2.50. The van der Waals surface area contributed by atoms with Gasteiger partial charge in [0, 0.05) is 20.2 Å². The highest BCUT2D eigenvalue weighted by Crippen LogP contribution is 2.26. The molecule has 21 heavy (non-hydrogen) atoms. The highest BCUT2D eigenvalue weighted by Gasteiger charge is 2.26. The molecule has 7 heteroatoms. The van der Waals surface area contributed by atoms with Gasteiger partial charge in [-0.05, 0) is 24.8 Å². The Bertz CT molecular complexity index is 526. The Morgan fingerprint density at radius 2 is 2.43 bits per heavy atom. The van der Waals surface area contributed by atoms with Crippen molar-refractivity contribution in [2.45, 2.75) is 26.3 Å². The smallest absolute Gasteiger partial charge is 0.287 e. The Hall–Kier alpha value is -1.11. The van der Waals surface area contributed by atoms with E-state index in [2.05, 4.69) is 22.7 Å². The van der Waals surface area contributed by atoms with Crippen LogP contribution in [0.4, 0.5) is 5.69 Å². The van der Waals surface area contributed by atoms with Gasteiger partial charge < -0.3 is 15.4 Å². The highest BCUT2D eigenvalue weighted by atomic mass is 35.5. The summed E-state index contributed by atoms with van der Waals surface area (Å²) in [5, 5.41) is 11.0. The van der Waals surface area contributed by atoms with Crippen molar-refractivity contribution in [1.29, 1.82) is 0 Å². The average Bonchev–Trinajstić information content (AvgIpc) is 2.48. The van der Waals surface area contributed by atoms with Gasteiger partial charge >= 0.3 is 0 Å². The molecule has 0 amide bonds. The minimum Gasteiger partial charge on any atom is -0.383 e. The van der Waals surface area contributed by atoms with Gasteiger partial charge in [0.25, 0.3) is 5.56 Å². The van der Waals surface area contributed by atoms with E-state index in [-0.39, 0.29) is 16.0 Å². The molecule has 1 aliphatic rings. The van der Waals surface area contributed by atoms with Gasteiger partial charge in [-0.15, -0.1) is 0 Å². The lowest BCUT2D eigenvalue weighted by atomic mass is 9.83. The molecule has 6 nitrogen and oxygen atoms in total. The second kappa shape index (κ2) is 7.24. The van der Waals surface area contributed by atoms with Gasteiger partial charge in [0.15, 0.2) is 0 Å². The minimum atomic E-state index is -0.286. The van der Waals surface area contributed by atoms with Gasteiger partial charge in [-0.1, -0.05) is 18.5 Å². The van der Waals surface area contributed by atoms with Crippen molar-refractivity contribution in [2.24, 2.45) is 5.41 Å². The maximum atomic E-state index is 12.1. The fraction of sp³-hybridized carbons (Fsp3) is 0.714. The molecule has 1 atom stereocenters. The van der Waals surface area contributed by atoms with Crippen LogP contribution in [-0.2, 0) is 11.3 Å². The number of nitrogens with one attached hydrogen (secondary N) is 2. The molecule has 0 aromatic carbocycles. The Balaban J connectivity index is 2.03. The molecule has 1 unspecified atom stereocenters. The highest BCUT2D eigenvalue weighted by molar-refractivity contribution is 6.32. The van der Waals surface area contributed by atoms with Gasteiger partial charge in [0.1, 0.15) is 5.02 Å². The number of methoxy groups -OCH3 is 1. The molecular formula is C14H23ClN4O2. The lowest BCUT2D eigenvalue weighted by Gasteiger charge is -2.34. The first-order chi connectivity index (χ1) is 10.1. The number of anilines is 1. The molecule has 0 radical (unpaired) electrons. The molecule has 118 valence electrons. The second-order valence-electron chi connectivity index (χ2n) is 5.84. The molecule has 1 aliphatic heterocycles. The van der Waals surface area contributed by atoms with E-state index in [9.17, 15) is 4.79 Å². The van der Waals surface area contributed by atoms with Crippen LogP contribution < -0.4 is 16.2 Å². The summed E-state index contributed by atoms with van der Waals surface area (Å²) >= 11 is 6.15. The number of rotatable bonds is 6. The molecule has 2 N–H and O–H groups in total. The van der Waals surface area contributed by atoms with Crippen LogP contribution in [0.3, 0.4) is 0 Å². The monoisotopic (exact) mass is 314 g/mol. The number of halogens is 1. The molecule has 0 spiro atoms. The standard InChI is InChI=1S/C14H23ClN4O2/c1-14(4-3-5-16-9-14)10-17-11-8-18-19(6-7-21-2)13(20)12(11)15/h8,16-17H,3-7,9-10H2,1-2H3. The maximum absolute atomic E-state index is 12.1. The van der Waals surface area contributed by atoms with Crippen LogP contribution in [0.25, 0.3) is 0 Å². The lowest BCUT2D eigenvalue weighted by molar-refractivity contribution is 0.182. The molecule has 2 heterocycles. The van der Waals surface area contributed by atoms with Gasteiger partial charge in [0.2, 0.25) is 0 Å². The van der Waals surface area contributed by atoms with Crippen LogP contribution in [0.15, 0.2) is 11.0 Å². The molecular weight excluding hydrogens is 292 g/mol. The van der Waals surface area contributed by atoms with Crippen molar-refractivity contribution in [3.63, 3.8) is 0 Å². The first-order valence-corrected chi connectivity index (χ1v) is 7.63. The Morgan fingerprint density at radius 3 is 3.10 bits per heavy atom. The topological polar surface area (TPSA) is 68.2 Å². The summed E-state index contributed by atoms with van der Waals surface area (Å²) in [6.45, 7) is 5.87. The zero-order valence-electron chi connectivity index (χ0n) is 12.6. The third kappa shape index (κ3) is 4.18. The molecule has 1 saturated heterocycles. The molecule has 1 aromatic heterocycles. The van der Waals surface area contributed by atoms with E-state index >= 15 is 0 Å². The Labute approximate surface area is 129 Å². The van der Waals surface area contributed by atoms with E-state index in [4.69, 9.17) is 16.3 Å². The van der Waals surface area contributed by atoms with Gasteiger partial charge in [0.05, 0.1) is 25.0 Å². The number of hydrogen-bond acceptors (Lipinski definition) is 5. The van der Waals surface area contributed by atoms with Gasteiger partial charge in [-0.25, -0.2) is 4.68 Å². The number of aromatic nitrogens is 2. The van der Waals surface area contributed by atoms with Crippen molar-refractivity contribution < 1.29 is 4.74 Å². The van der Waals surface area contributed by atoms with E-state index in [1.807, 2.05) is 0 Å². The minimum absolute atomic E-state index is 0.173. The SMILES string of the molecule is COCCn1ncc(NCC2(C)CCCNC2)c(Cl)c1=O. The molecule has 1 aromatic rings. The number of piperidine rings is 1. The zero-order chi connectivity index (χ0) is 15.3. The van der Waals surface area contributed by atoms with E-state index in [1.165, 1.54) is 11.1 Å². The average molecular weight is 315 g/mol. The predicted octanol–water partition coefficient (Wildman–Crippen LogP) is 1.34. The van der Waals surface area contributed by atoms with Gasteiger partial charge in [-0.3, -0.25) is 4.79 Å². The Morgan fingerprint density at radius 1 is 1.62 bits per heavy atom. The van der Waals surface area contributed by atoms with E-state index < -0.39 is 0 Å². The first kappa shape index (κ1) is 16.3. The zero-order valence-corrected chi connectivity index (χ0v) is 13.4. The van der Waals surface area contributed by atoms with Crippen LogP contribution in [0.5, 0.6) is 0 Å². The number of nitrogens with zero attached hydrogens (tertiary/aromatic N) is 2. The Kier molecular flexibility index (Phi) is 5.61. The van der Waals surface area contributed by atoms with Crippen LogP contribution in [0.2, 0.25) is 5.02 Å². The summed E-state index contributed by atoms with van der Waals surface area (Å²) in [5.41, 5.74) is 0.486. The van der Waals surface area contributed by atoms with Crippen LogP contribution in [0, 0.1) is 5.41 Å². The summed E-state index contributed by atoms with van der Waals surface area (Å²) in [4.78, 5) is 12.1. The van der Waals surface area contributed by atoms with Crippen molar-refractivity contribution in [3.8, 4) is 0 Å². The van der Waals surface area contributed by atoms with Crippen LogP contribution in [-0.4, -0.2) is 43.1 Å². The van der Waals surface area contributed by atoms with E-state index in [0.717, 1.165) is 26.1 Å². The largest absolute Gasteiger partial charge is 0.383 e. The molecule has 0 bridgehead atoms. The van der Waals surface area contributed by atoms with E-state index in [1.54, 1.807) is 13.3 Å². The first-order valence-electron chi connectivity index (χ1n) is 7.25. The molecule has 0 saturated carbocycles. The van der Waals surface area contributed by atoms with Crippen molar-refractivity contribution in [1.82, 2.24) is 15.1 Å². The summed E-state index contributed by atoms with van der Waals surface area (Å²) in [5.74, 6) is 0. The van der Waals surface area contributed by atoms with Gasteiger partial charge in [-0.2, -0.15) is 5.10 Å². The molecule has 0 aliphatic carbocycles. The quantitative estimate of drug-likeness (QED) is 0.829. The van der Waals surface area contributed by atoms with Crippen molar-refractivity contribution >= 4 is 17.3 Å². The number of hydrogen-bond donors (Lipinski definition) is 2. The number of ether oxygens (including phenoxy) is 1. The van der Waals surface area contributed by atoms with Crippen molar-refractivity contribution in [3.05, 3.63) is 21.6 Å². The summed E-state index contributed by atoms with van der Waals surface area (Å²) in [7, 11) is 1.58. The predicted molar refractivity (Wildman–Crippen MR) is 84.1 cm³/mol. The summed E-state index contributed by atoms with van der Waals surface area (Å²) < 4.78 is 6.27. The fourth-order valence-corrected chi connectivity index (χ4v) is 2.72. The normalized spacial score (nSPS) is 22.2. The van der Waals surface area contributed by atoms with Crippen molar-refractivity contribution in [2.75, 3.05) is 38.7 Å². The summed E-state index contributed by atoms with van der Waals surface area (Å²) in [6.07, 6.45) is 3.94. The molecule has 2 rings (SSSR count). The third-order valence-corrected chi connectivity index (χ3v) is 4.25. The van der Waals surface area contributed by atoms with E-state index in [0.29, 0.717) is 18.8 Å². The molecule has 1 fully saturated rings. The van der Waals surface area contributed by atoms with Crippen LogP contribution >= 0.6 is 11.6 Å². The summed E-state index contributed by atoms with van der Waals surface area (Å²) in [6, 6.07) is 0.